The van der Waals surface area contributed by atoms with Gasteiger partial charge in [-0.05, 0) is 42.5 Å². The average Bonchev–Trinajstić information content (AvgIpc) is 2.72. The van der Waals surface area contributed by atoms with Gasteiger partial charge in [-0.1, -0.05) is 0 Å². The predicted octanol–water partition coefficient (Wildman–Crippen LogP) is 3.20. The molecule has 6 heteroatoms. The first-order valence-corrected chi connectivity index (χ1v) is 8.80. The first kappa shape index (κ1) is 18.8. The molecule has 1 aliphatic heterocycles. The lowest BCUT2D eigenvalue weighted by Gasteiger charge is -2.35. The van der Waals surface area contributed by atoms with E-state index in [1.807, 2.05) is 17.0 Å². The Morgan fingerprint density at radius 3 is 2.33 bits per heavy atom. The van der Waals surface area contributed by atoms with E-state index >= 15 is 0 Å². The van der Waals surface area contributed by atoms with E-state index in [9.17, 15) is 9.18 Å². The Morgan fingerprint density at radius 2 is 1.70 bits per heavy atom. The fourth-order valence-corrected chi connectivity index (χ4v) is 3.06. The summed E-state index contributed by atoms with van der Waals surface area (Å²) < 4.78 is 23.6. The summed E-state index contributed by atoms with van der Waals surface area (Å²) in [6.07, 6.45) is 3.32. The summed E-state index contributed by atoms with van der Waals surface area (Å²) in [5.41, 5.74) is 1.79. The minimum atomic E-state index is -0.244. The van der Waals surface area contributed by atoms with Gasteiger partial charge in [-0.3, -0.25) is 4.79 Å². The maximum atomic E-state index is 13.0. The molecule has 5 nitrogen and oxygen atoms in total. The van der Waals surface area contributed by atoms with Crippen LogP contribution in [0.2, 0.25) is 0 Å². The lowest BCUT2D eigenvalue weighted by atomic mass is 10.1. The minimum absolute atomic E-state index is 0.0355. The molecular formula is C21H23FN2O3. The second-order valence-electron chi connectivity index (χ2n) is 6.23. The number of hydrogen-bond donors (Lipinski definition) is 0. The molecule has 3 rings (SSSR count). The molecule has 1 amide bonds. The van der Waals surface area contributed by atoms with Crippen molar-refractivity contribution in [2.75, 3.05) is 45.3 Å². The van der Waals surface area contributed by atoms with E-state index in [0.717, 1.165) is 24.3 Å². The highest BCUT2D eigenvalue weighted by Gasteiger charge is 2.20. The SMILES string of the molecule is COc1ccc(/C=C/C(=O)N2CCN(c3ccc(F)cc3)CC2)c(OC)c1. The van der Waals surface area contributed by atoms with Crippen LogP contribution in [0.25, 0.3) is 6.08 Å². The fraction of sp³-hybridized carbons (Fsp3) is 0.286. The molecule has 0 aliphatic carbocycles. The fourth-order valence-electron chi connectivity index (χ4n) is 3.06. The van der Waals surface area contributed by atoms with Crippen molar-refractivity contribution in [3.63, 3.8) is 0 Å². The molecule has 0 bridgehead atoms. The first-order chi connectivity index (χ1) is 13.1. The van der Waals surface area contributed by atoms with Gasteiger partial charge < -0.3 is 19.3 Å². The van der Waals surface area contributed by atoms with E-state index in [2.05, 4.69) is 4.90 Å². The molecule has 0 radical (unpaired) electrons. The molecule has 0 aromatic heterocycles. The Balaban J connectivity index is 1.59. The van der Waals surface area contributed by atoms with Gasteiger partial charge in [0, 0.05) is 49.6 Å². The molecule has 0 unspecified atom stereocenters. The van der Waals surface area contributed by atoms with Crippen LogP contribution in [0.3, 0.4) is 0 Å². The van der Waals surface area contributed by atoms with Crippen LogP contribution in [0.4, 0.5) is 10.1 Å². The van der Waals surface area contributed by atoms with E-state index in [1.54, 1.807) is 44.6 Å². The summed E-state index contributed by atoms with van der Waals surface area (Å²) in [4.78, 5) is 16.5. The summed E-state index contributed by atoms with van der Waals surface area (Å²) in [6.45, 7) is 2.69. The first-order valence-electron chi connectivity index (χ1n) is 8.80. The molecule has 1 fully saturated rings. The predicted molar refractivity (Wildman–Crippen MR) is 104 cm³/mol. The third kappa shape index (κ3) is 4.58. The highest BCUT2D eigenvalue weighted by molar-refractivity contribution is 5.92. The molecule has 2 aromatic carbocycles. The molecule has 0 atom stereocenters. The standard InChI is InChI=1S/C21H23FN2O3/c1-26-19-9-3-16(20(15-19)27-2)4-10-21(25)24-13-11-23(12-14-24)18-7-5-17(22)6-8-18/h3-10,15H,11-14H2,1-2H3/b10-4+. The summed E-state index contributed by atoms with van der Waals surface area (Å²) >= 11 is 0. The van der Waals surface area contributed by atoms with Crippen molar-refractivity contribution in [1.29, 1.82) is 0 Å². The second-order valence-corrected chi connectivity index (χ2v) is 6.23. The maximum Gasteiger partial charge on any atom is 0.246 e. The summed E-state index contributed by atoms with van der Waals surface area (Å²) in [5, 5.41) is 0. The number of nitrogens with zero attached hydrogens (tertiary/aromatic N) is 2. The Morgan fingerprint density at radius 1 is 1.00 bits per heavy atom. The number of hydrogen-bond acceptors (Lipinski definition) is 4. The zero-order chi connectivity index (χ0) is 19.2. The number of methoxy groups -OCH3 is 2. The summed E-state index contributed by atoms with van der Waals surface area (Å²) in [6, 6.07) is 11.9. The highest BCUT2D eigenvalue weighted by atomic mass is 19.1. The number of ether oxygens (including phenoxy) is 2. The average molecular weight is 370 g/mol. The van der Waals surface area contributed by atoms with Crippen LogP contribution in [0.15, 0.2) is 48.5 Å². The number of amides is 1. The third-order valence-corrected chi connectivity index (χ3v) is 4.63. The van der Waals surface area contributed by atoms with Crippen LogP contribution in [0.5, 0.6) is 11.5 Å². The summed E-state index contributed by atoms with van der Waals surface area (Å²) in [7, 11) is 3.18. The maximum absolute atomic E-state index is 13.0. The van der Waals surface area contributed by atoms with Crippen LogP contribution < -0.4 is 14.4 Å². The Labute approximate surface area is 158 Å². The van der Waals surface area contributed by atoms with Crippen molar-refractivity contribution < 1.29 is 18.7 Å². The van der Waals surface area contributed by atoms with Gasteiger partial charge in [-0.2, -0.15) is 0 Å². The number of rotatable bonds is 5. The van der Waals surface area contributed by atoms with Gasteiger partial charge in [-0.15, -0.1) is 0 Å². The summed E-state index contributed by atoms with van der Waals surface area (Å²) in [5.74, 6) is 1.07. The van der Waals surface area contributed by atoms with Crippen LogP contribution in [-0.4, -0.2) is 51.2 Å². The molecule has 0 N–H and O–H groups in total. The van der Waals surface area contributed by atoms with Crippen molar-refractivity contribution in [2.24, 2.45) is 0 Å². The van der Waals surface area contributed by atoms with E-state index in [0.29, 0.717) is 24.6 Å². The van der Waals surface area contributed by atoms with E-state index in [-0.39, 0.29) is 11.7 Å². The smallest absolute Gasteiger partial charge is 0.246 e. The number of benzene rings is 2. The highest BCUT2D eigenvalue weighted by Crippen LogP contribution is 2.25. The Hall–Kier alpha value is -3.02. The number of carbonyl (C=O) groups excluding carboxylic acids is 1. The van der Waals surface area contributed by atoms with E-state index in [1.165, 1.54) is 12.1 Å². The molecular weight excluding hydrogens is 347 g/mol. The van der Waals surface area contributed by atoms with E-state index in [4.69, 9.17) is 9.47 Å². The second kappa shape index (κ2) is 8.58. The quantitative estimate of drug-likeness (QED) is 0.758. The minimum Gasteiger partial charge on any atom is -0.497 e. The van der Waals surface area contributed by atoms with Crippen LogP contribution in [0, 0.1) is 5.82 Å². The zero-order valence-corrected chi connectivity index (χ0v) is 15.5. The van der Waals surface area contributed by atoms with E-state index < -0.39 is 0 Å². The van der Waals surface area contributed by atoms with Gasteiger partial charge in [-0.25, -0.2) is 4.39 Å². The molecule has 142 valence electrons. The van der Waals surface area contributed by atoms with Gasteiger partial charge in [0.1, 0.15) is 17.3 Å². The van der Waals surface area contributed by atoms with Gasteiger partial charge in [0.15, 0.2) is 0 Å². The van der Waals surface area contributed by atoms with Gasteiger partial charge in [0.05, 0.1) is 14.2 Å². The lowest BCUT2D eigenvalue weighted by Crippen LogP contribution is -2.48. The van der Waals surface area contributed by atoms with Crippen LogP contribution in [0.1, 0.15) is 5.56 Å². The monoisotopic (exact) mass is 370 g/mol. The molecule has 0 spiro atoms. The number of carbonyl (C=O) groups is 1. The number of halogens is 1. The topological polar surface area (TPSA) is 42.0 Å². The largest absolute Gasteiger partial charge is 0.497 e. The number of piperazine rings is 1. The molecule has 1 saturated heterocycles. The van der Waals surface area contributed by atoms with Crippen LogP contribution in [-0.2, 0) is 4.79 Å². The zero-order valence-electron chi connectivity index (χ0n) is 15.5. The van der Waals surface area contributed by atoms with Gasteiger partial charge >= 0.3 is 0 Å². The Bertz CT molecular complexity index is 813. The molecule has 0 saturated carbocycles. The normalized spacial score (nSPS) is 14.5. The van der Waals surface area contributed by atoms with Crippen molar-refractivity contribution in [3.8, 4) is 11.5 Å². The molecule has 1 aliphatic rings. The molecule has 2 aromatic rings. The van der Waals surface area contributed by atoms with Crippen molar-refractivity contribution in [3.05, 3.63) is 59.9 Å². The molecule has 27 heavy (non-hydrogen) atoms. The van der Waals surface area contributed by atoms with Crippen molar-refractivity contribution >= 4 is 17.7 Å². The third-order valence-electron chi connectivity index (χ3n) is 4.63. The van der Waals surface area contributed by atoms with Crippen LogP contribution >= 0.6 is 0 Å². The number of anilines is 1. The van der Waals surface area contributed by atoms with Crippen molar-refractivity contribution in [2.45, 2.75) is 0 Å². The van der Waals surface area contributed by atoms with Crippen molar-refractivity contribution in [1.82, 2.24) is 4.90 Å². The van der Waals surface area contributed by atoms with Gasteiger partial charge in [0.25, 0.3) is 0 Å². The molecule has 1 heterocycles. The lowest BCUT2D eigenvalue weighted by molar-refractivity contribution is -0.126. The Kier molecular flexibility index (Phi) is 5.96. The van der Waals surface area contributed by atoms with Gasteiger partial charge in [0.2, 0.25) is 5.91 Å².